The molecular formula is C20H18N4O4. The van der Waals surface area contributed by atoms with Crippen LogP contribution < -0.4 is 20.9 Å². The Balaban J connectivity index is 1.69. The van der Waals surface area contributed by atoms with Gasteiger partial charge in [0.2, 0.25) is 5.91 Å². The number of carbonyl (C=O) groups is 2. The van der Waals surface area contributed by atoms with E-state index in [1.54, 1.807) is 55.6 Å². The van der Waals surface area contributed by atoms with E-state index < -0.39 is 17.4 Å². The zero-order valence-corrected chi connectivity index (χ0v) is 15.1. The van der Waals surface area contributed by atoms with Crippen LogP contribution in [-0.4, -0.2) is 28.7 Å². The van der Waals surface area contributed by atoms with Crippen LogP contribution in [-0.2, 0) is 11.3 Å². The van der Waals surface area contributed by atoms with E-state index in [0.29, 0.717) is 17.1 Å². The number of benzene rings is 2. The van der Waals surface area contributed by atoms with E-state index in [0.717, 1.165) is 4.68 Å². The predicted octanol–water partition coefficient (Wildman–Crippen LogP) is 2.14. The number of rotatable bonds is 6. The molecule has 0 saturated heterocycles. The fourth-order valence-electron chi connectivity index (χ4n) is 2.41. The molecule has 0 aliphatic carbocycles. The Hall–Kier alpha value is -3.94. The molecular weight excluding hydrogens is 360 g/mol. The summed E-state index contributed by atoms with van der Waals surface area (Å²) < 4.78 is 6.00. The predicted molar refractivity (Wildman–Crippen MR) is 105 cm³/mol. The molecule has 2 aromatic carbocycles. The highest BCUT2D eigenvalue weighted by Crippen LogP contribution is 2.14. The fraction of sp³-hybridized carbons (Fsp3) is 0.100. The Bertz CT molecular complexity index is 1030. The van der Waals surface area contributed by atoms with Crippen molar-refractivity contribution >= 4 is 23.2 Å². The maximum atomic E-state index is 12.3. The molecule has 0 radical (unpaired) electrons. The van der Waals surface area contributed by atoms with Gasteiger partial charge in [-0.05, 0) is 42.5 Å². The lowest BCUT2D eigenvalue weighted by Crippen LogP contribution is -2.31. The monoisotopic (exact) mass is 378 g/mol. The van der Waals surface area contributed by atoms with Gasteiger partial charge in [-0.15, -0.1) is 0 Å². The molecule has 8 heteroatoms. The Morgan fingerprint density at radius 2 is 1.61 bits per heavy atom. The number of hydrogen-bond acceptors (Lipinski definition) is 5. The smallest absolute Gasteiger partial charge is 0.276 e. The van der Waals surface area contributed by atoms with Crippen LogP contribution in [0.15, 0.2) is 71.5 Å². The molecule has 2 N–H and O–H groups in total. The number of hydrogen-bond donors (Lipinski definition) is 2. The zero-order valence-electron chi connectivity index (χ0n) is 15.1. The number of amides is 2. The van der Waals surface area contributed by atoms with Crippen LogP contribution in [0.1, 0.15) is 10.5 Å². The fourth-order valence-corrected chi connectivity index (χ4v) is 2.41. The summed E-state index contributed by atoms with van der Waals surface area (Å²) in [6, 6.07) is 18.1. The van der Waals surface area contributed by atoms with Gasteiger partial charge in [0.05, 0.1) is 7.11 Å². The summed E-state index contributed by atoms with van der Waals surface area (Å²) in [5.41, 5.74) is 0.697. The van der Waals surface area contributed by atoms with E-state index in [4.69, 9.17) is 4.74 Å². The summed E-state index contributed by atoms with van der Waals surface area (Å²) in [6.45, 7) is -0.322. The van der Waals surface area contributed by atoms with E-state index in [1.807, 2.05) is 6.07 Å². The van der Waals surface area contributed by atoms with Crippen LogP contribution in [0, 0.1) is 0 Å². The lowest BCUT2D eigenvalue weighted by atomic mass is 10.3. The van der Waals surface area contributed by atoms with Crippen molar-refractivity contribution in [1.82, 2.24) is 9.78 Å². The molecule has 1 heterocycles. The minimum atomic E-state index is -0.485. The van der Waals surface area contributed by atoms with Crippen molar-refractivity contribution in [2.24, 2.45) is 0 Å². The summed E-state index contributed by atoms with van der Waals surface area (Å²) >= 11 is 0. The lowest BCUT2D eigenvalue weighted by Gasteiger charge is -2.09. The van der Waals surface area contributed by atoms with Crippen LogP contribution in [0.2, 0.25) is 0 Å². The van der Waals surface area contributed by atoms with Gasteiger partial charge in [-0.2, -0.15) is 5.10 Å². The van der Waals surface area contributed by atoms with Gasteiger partial charge in [-0.1, -0.05) is 18.2 Å². The number of anilines is 2. The Labute approximate surface area is 160 Å². The van der Waals surface area contributed by atoms with Gasteiger partial charge < -0.3 is 15.4 Å². The topological polar surface area (TPSA) is 102 Å². The first kappa shape index (κ1) is 18.8. The van der Waals surface area contributed by atoms with Crippen LogP contribution in [0.25, 0.3) is 0 Å². The highest BCUT2D eigenvalue weighted by atomic mass is 16.5. The van der Waals surface area contributed by atoms with Gasteiger partial charge in [0, 0.05) is 17.4 Å². The van der Waals surface area contributed by atoms with Crippen molar-refractivity contribution in [1.29, 1.82) is 0 Å². The van der Waals surface area contributed by atoms with Crippen LogP contribution in [0.4, 0.5) is 11.4 Å². The maximum absolute atomic E-state index is 12.3. The molecule has 2 amide bonds. The van der Waals surface area contributed by atoms with E-state index in [-0.39, 0.29) is 12.2 Å². The van der Waals surface area contributed by atoms with Crippen LogP contribution >= 0.6 is 0 Å². The molecule has 0 spiro atoms. The molecule has 0 aliphatic heterocycles. The maximum Gasteiger partial charge on any atom is 0.276 e. The first-order valence-electron chi connectivity index (χ1n) is 8.43. The van der Waals surface area contributed by atoms with Gasteiger partial charge >= 0.3 is 0 Å². The lowest BCUT2D eigenvalue weighted by molar-refractivity contribution is -0.117. The molecule has 0 saturated carbocycles. The Morgan fingerprint density at radius 3 is 2.29 bits per heavy atom. The first-order chi connectivity index (χ1) is 13.5. The number of carbonyl (C=O) groups excluding carboxylic acids is 2. The standard InChI is InChI=1S/C20H18N4O4/c1-28-16-9-7-15(8-10-16)21-18(25)13-24-19(26)12-11-17(23-24)20(27)22-14-5-3-2-4-6-14/h2-12H,13H2,1H3,(H,21,25)(H,22,27). The second-order valence-electron chi connectivity index (χ2n) is 5.81. The SMILES string of the molecule is COc1ccc(NC(=O)Cn2nc(C(=O)Nc3ccccc3)ccc2=O)cc1. The Kier molecular flexibility index (Phi) is 5.81. The highest BCUT2D eigenvalue weighted by molar-refractivity contribution is 6.02. The average molecular weight is 378 g/mol. The van der Waals surface area contributed by atoms with Crippen LogP contribution in [0.5, 0.6) is 5.75 Å². The van der Waals surface area contributed by atoms with E-state index in [2.05, 4.69) is 15.7 Å². The van der Waals surface area contributed by atoms with E-state index in [9.17, 15) is 14.4 Å². The second-order valence-corrected chi connectivity index (χ2v) is 5.81. The minimum absolute atomic E-state index is 0.0284. The van der Waals surface area contributed by atoms with Crippen molar-refractivity contribution in [3.63, 3.8) is 0 Å². The van der Waals surface area contributed by atoms with Gasteiger partial charge in [-0.25, -0.2) is 4.68 Å². The van der Waals surface area contributed by atoms with Gasteiger partial charge in [0.1, 0.15) is 18.0 Å². The van der Waals surface area contributed by atoms with E-state index >= 15 is 0 Å². The molecule has 0 unspecified atom stereocenters. The third-order valence-electron chi connectivity index (χ3n) is 3.80. The molecule has 0 aliphatic rings. The van der Waals surface area contributed by atoms with Crippen molar-refractivity contribution < 1.29 is 14.3 Å². The van der Waals surface area contributed by atoms with Gasteiger partial charge in [-0.3, -0.25) is 14.4 Å². The summed E-state index contributed by atoms with van der Waals surface area (Å²) in [4.78, 5) is 36.5. The second kappa shape index (κ2) is 8.63. The molecule has 3 rings (SSSR count). The quantitative estimate of drug-likeness (QED) is 0.684. The highest BCUT2D eigenvalue weighted by Gasteiger charge is 2.12. The number of aromatic nitrogens is 2. The Morgan fingerprint density at radius 1 is 0.929 bits per heavy atom. The normalized spacial score (nSPS) is 10.2. The molecule has 142 valence electrons. The summed E-state index contributed by atoms with van der Waals surface area (Å²) in [7, 11) is 1.55. The summed E-state index contributed by atoms with van der Waals surface area (Å²) in [5.74, 6) is -0.260. The third kappa shape index (κ3) is 4.82. The van der Waals surface area contributed by atoms with Crippen molar-refractivity contribution in [2.45, 2.75) is 6.54 Å². The van der Waals surface area contributed by atoms with Gasteiger partial charge in [0.15, 0.2) is 0 Å². The van der Waals surface area contributed by atoms with E-state index in [1.165, 1.54) is 12.1 Å². The summed E-state index contributed by atoms with van der Waals surface area (Å²) in [5, 5.41) is 9.33. The summed E-state index contributed by atoms with van der Waals surface area (Å²) in [6.07, 6.45) is 0. The van der Waals surface area contributed by atoms with Crippen molar-refractivity contribution in [3.05, 3.63) is 82.8 Å². The molecule has 3 aromatic rings. The largest absolute Gasteiger partial charge is 0.497 e. The third-order valence-corrected chi connectivity index (χ3v) is 3.80. The molecule has 1 aromatic heterocycles. The van der Waals surface area contributed by atoms with Crippen molar-refractivity contribution in [3.8, 4) is 5.75 Å². The van der Waals surface area contributed by atoms with Crippen LogP contribution in [0.3, 0.4) is 0 Å². The average Bonchev–Trinajstić information content (AvgIpc) is 2.71. The molecule has 0 bridgehead atoms. The number of nitrogens with zero attached hydrogens (tertiary/aromatic N) is 2. The molecule has 28 heavy (non-hydrogen) atoms. The number of nitrogens with one attached hydrogen (secondary N) is 2. The molecule has 0 fully saturated rings. The molecule has 0 atom stereocenters. The van der Waals surface area contributed by atoms with Gasteiger partial charge in [0.25, 0.3) is 11.5 Å². The van der Waals surface area contributed by atoms with Crippen molar-refractivity contribution in [2.75, 3.05) is 17.7 Å². The number of methoxy groups -OCH3 is 1. The molecule has 8 nitrogen and oxygen atoms in total. The zero-order chi connectivity index (χ0) is 19.9. The number of ether oxygens (including phenoxy) is 1. The first-order valence-corrected chi connectivity index (χ1v) is 8.43. The number of para-hydroxylation sites is 1. The minimum Gasteiger partial charge on any atom is -0.497 e.